The Kier molecular flexibility index (Phi) is 8.51. The van der Waals surface area contributed by atoms with Gasteiger partial charge in [0.25, 0.3) is 5.56 Å². The van der Waals surface area contributed by atoms with Gasteiger partial charge in [0.15, 0.2) is 11.5 Å². The molecule has 174 valence electrons. The summed E-state index contributed by atoms with van der Waals surface area (Å²) in [6.45, 7) is 4.29. The largest absolute Gasteiger partial charge is 0.496 e. The Hall–Kier alpha value is -3.69. The first-order valence-corrected chi connectivity index (χ1v) is 10.2. The molecule has 2 rings (SSSR count). The van der Waals surface area contributed by atoms with Gasteiger partial charge in [-0.05, 0) is 25.0 Å². The summed E-state index contributed by atoms with van der Waals surface area (Å²) in [5.41, 5.74) is 5.39. The summed E-state index contributed by atoms with van der Waals surface area (Å²) >= 11 is 0. The number of benzene rings is 1. The molecular weight excluding hydrogens is 416 g/mol. The number of ether oxygens (including phenoxy) is 3. The summed E-state index contributed by atoms with van der Waals surface area (Å²) in [5.74, 6) is 0.753. The number of aromatic nitrogens is 2. The van der Waals surface area contributed by atoms with Crippen LogP contribution in [0.25, 0.3) is 6.08 Å². The van der Waals surface area contributed by atoms with Crippen LogP contribution in [-0.4, -0.2) is 36.4 Å². The summed E-state index contributed by atoms with van der Waals surface area (Å²) in [6.07, 6.45) is 3.97. The monoisotopic (exact) mass is 446 g/mol. The van der Waals surface area contributed by atoms with E-state index in [1.165, 1.54) is 38.0 Å². The standard InChI is InChI=1S/C22H30N4O6/c1-6-10-25-20(23)19(21(28)26(11-7-2)22(25)29)24-18(27)9-8-14-12-16(31-4)17(32-5)13-15(14)30-3/h8-9,12-13H,6-7,10-11,23H2,1-5H3,(H,24,27)/b9-8+. The van der Waals surface area contributed by atoms with Crippen molar-refractivity contribution in [1.29, 1.82) is 0 Å². The van der Waals surface area contributed by atoms with Gasteiger partial charge in [0.05, 0.1) is 21.3 Å². The van der Waals surface area contributed by atoms with Crippen molar-refractivity contribution < 1.29 is 19.0 Å². The summed E-state index contributed by atoms with van der Waals surface area (Å²) in [5, 5.41) is 2.52. The zero-order valence-electron chi connectivity index (χ0n) is 19.1. The minimum absolute atomic E-state index is 0.0698. The molecule has 2 aromatic rings. The van der Waals surface area contributed by atoms with Crippen LogP contribution in [0.5, 0.6) is 17.2 Å². The van der Waals surface area contributed by atoms with E-state index in [2.05, 4.69) is 5.32 Å². The van der Waals surface area contributed by atoms with Gasteiger partial charge in [-0.1, -0.05) is 13.8 Å². The zero-order valence-corrected chi connectivity index (χ0v) is 19.1. The van der Waals surface area contributed by atoms with Crippen molar-refractivity contribution in [2.75, 3.05) is 32.4 Å². The van der Waals surface area contributed by atoms with E-state index in [1.54, 1.807) is 12.1 Å². The van der Waals surface area contributed by atoms with E-state index >= 15 is 0 Å². The van der Waals surface area contributed by atoms with Gasteiger partial charge in [-0.15, -0.1) is 0 Å². The van der Waals surface area contributed by atoms with Gasteiger partial charge < -0.3 is 25.3 Å². The van der Waals surface area contributed by atoms with Crippen LogP contribution in [0.1, 0.15) is 32.3 Å². The predicted molar refractivity (Wildman–Crippen MR) is 124 cm³/mol. The van der Waals surface area contributed by atoms with Crippen LogP contribution in [0.3, 0.4) is 0 Å². The van der Waals surface area contributed by atoms with Gasteiger partial charge in [0, 0.05) is 30.8 Å². The van der Waals surface area contributed by atoms with Crippen molar-refractivity contribution in [3.8, 4) is 17.2 Å². The molecule has 0 unspecified atom stereocenters. The zero-order chi connectivity index (χ0) is 23.8. The van der Waals surface area contributed by atoms with Crippen LogP contribution in [-0.2, 0) is 17.9 Å². The van der Waals surface area contributed by atoms with Gasteiger partial charge in [-0.2, -0.15) is 0 Å². The first-order valence-electron chi connectivity index (χ1n) is 10.2. The van der Waals surface area contributed by atoms with Crippen LogP contribution in [0.2, 0.25) is 0 Å². The smallest absolute Gasteiger partial charge is 0.332 e. The highest BCUT2D eigenvalue weighted by molar-refractivity contribution is 6.03. The van der Waals surface area contributed by atoms with E-state index in [0.717, 1.165) is 4.57 Å². The molecule has 1 aromatic carbocycles. The van der Waals surface area contributed by atoms with Crippen molar-refractivity contribution >= 4 is 23.5 Å². The van der Waals surface area contributed by atoms with Crippen molar-refractivity contribution in [3.63, 3.8) is 0 Å². The highest BCUT2D eigenvalue weighted by atomic mass is 16.5. The Balaban J connectivity index is 2.43. The molecule has 0 aliphatic carbocycles. The highest BCUT2D eigenvalue weighted by Gasteiger charge is 2.18. The maximum Gasteiger partial charge on any atom is 0.332 e. The summed E-state index contributed by atoms with van der Waals surface area (Å²) < 4.78 is 18.3. The number of rotatable bonds is 10. The molecule has 3 N–H and O–H groups in total. The second-order valence-electron chi connectivity index (χ2n) is 6.92. The molecule has 0 aliphatic rings. The topological polar surface area (TPSA) is 127 Å². The number of nitrogens with one attached hydrogen (secondary N) is 1. The van der Waals surface area contributed by atoms with Gasteiger partial charge in [0.1, 0.15) is 17.3 Å². The number of hydrogen-bond acceptors (Lipinski definition) is 7. The molecule has 0 bridgehead atoms. The molecule has 0 saturated carbocycles. The molecule has 0 spiro atoms. The predicted octanol–water partition coefficient (Wildman–Crippen LogP) is 2.09. The van der Waals surface area contributed by atoms with Gasteiger partial charge in [-0.3, -0.25) is 18.7 Å². The number of nitrogens with zero attached hydrogens (tertiary/aromatic N) is 2. The molecular formula is C22H30N4O6. The summed E-state index contributed by atoms with van der Waals surface area (Å²) in [6, 6.07) is 3.30. The minimum Gasteiger partial charge on any atom is -0.496 e. The van der Waals surface area contributed by atoms with Crippen LogP contribution in [0.15, 0.2) is 27.8 Å². The fourth-order valence-corrected chi connectivity index (χ4v) is 3.21. The van der Waals surface area contributed by atoms with Crippen molar-refractivity contribution in [1.82, 2.24) is 9.13 Å². The Labute approximate surface area is 186 Å². The third kappa shape index (κ3) is 5.13. The number of amides is 1. The van der Waals surface area contributed by atoms with E-state index in [4.69, 9.17) is 19.9 Å². The number of hydrogen-bond donors (Lipinski definition) is 2. The molecule has 1 amide bonds. The molecule has 32 heavy (non-hydrogen) atoms. The van der Waals surface area contributed by atoms with E-state index in [-0.39, 0.29) is 18.1 Å². The second-order valence-corrected chi connectivity index (χ2v) is 6.92. The number of methoxy groups -OCH3 is 3. The Morgan fingerprint density at radius 1 is 0.969 bits per heavy atom. The molecule has 1 aromatic heterocycles. The molecule has 1 heterocycles. The number of nitrogen functional groups attached to an aromatic ring is 1. The lowest BCUT2D eigenvalue weighted by Gasteiger charge is -2.16. The average molecular weight is 447 g/mol. The molecule has 0 atom stereocenters. The first kappa shape index (κ1) is 24.6. The maximum absolute atomic E-state index is 12.8. The van der Waals surface area contributed by atoms with Crippen LogP contribution < -0.4 is 36.5 Å². The van der Waals surface area contributed by atoms with E-state index in [9.17, 15) is 14.4 Å². The third-order valence-electron chi connectivity index (χ3n) is 4.76. The molecule has 0 saturated heterocycles. The van der Waals surface area contributed by atoms with Crippen molar-refractivity contribution in [2.24, 2.45) is 0 Å². The number of carbonyl (C=O) groups excluding carboxylic acids is 1. The van der Waals surface area contributed by atoms with Crippen LogP contribution >= 0.6 is 0 Å². The third-order valence-corrected chi connectivity index (χ3v) is 4.76. The van der Waals surface area contributed by atoms with E-state index in [1.807, 2.05) is 13.8 Å². The first-order chi connectivity index (χ1) is 15.3. The lowest BCUT2D eigenvalue weighted by Crippen LogP contribution is -2.42. The van der Waals surface area contributed by atoms with Gasteiger partial charge in [0.2, 0.25) is 5.91 Å². The molecule has 10 nitrogen and oxygen atoms in total. The number of anilines is 2. The lowest BCUT2D eigenvalue weighted by atomic mass is 10.1. The van der Waals surface area contributed by atoms with Crippen molar-refractivity contribution in [2.45, 2.75) is 39.8 Å². The average Bonchev–Trinajstić information content (AvgIpc) is 2.80. The molecule has 0 fully saturated rings. The molecule has 0 aliphatic heterocycles. The SMILES string of the molecule is CCCn1c(N)c(NC(=O)/C=C/c2cc(OC)c(OC)cc2OC)c(=O)n(CCC)c1=O. The molecule has 0 radical (unpaired) electrons. The van der Waals surface area contributed by atoms with Crippen LogP contribution in [0.4, 0.5) is 11.5 Å². The highest BCUT2D eigenvalue weighted by Crippen LogP contribution is 2.35. The number of carbonyl (C=O) groups is 1. The second kappa shape index (κ2) is 11.1. The van der Waals surface area contributed by atoms with Gasteiger partial charge >= 0.3 is 5.69 Å². The van der Waals surface area contributed by atoms with Crippen LogP contribution in [0, 0.1) is 0 Å². The Morgan fingerprint density at radius 3 is 2.09 bits per heavy atom. The maximum atomic E-state index is 12.8. The Morgan fingerprint density at radius 2 is 1.53 bits per heavy atom. The molecule has 10 heteroatoms. The fraction of sp³-hybridized carbons (Fsp3) is 0.409. The quantitative estimate of drug-likeness (QED) is 0.535. The normalized spacial score (nSPS) is 10.9. The summed E-state index contributed by atoms with van der Waals surface area (Å²) in [7, 11) is 4.50. The Bertz CT molecular complexity index is 1120. The van der Waals surface area contributed by atoms with E-state index < -0.39 is 17.2 Å². The van der Waals surface area contributed by atoms with Gasteiger partial charge in [-0.25, -0.2) is 4.79 Å². The minimum atomic E-state index is -0.632. The van der Waals surface area contributed by atoms with E-state index in [0.29, 0.717) is 42.2 Å². The summed E-state index contributed by atoms with van der Waals surface area (Å²) in [4.78, 5) is 38.0. The fourth-order valence-electron chi connectivity index (χ4n) is 3.21. The lowest BCUT2D eigenvalue weighted by molar-refractivity contribution is -0.111. The van der Waals surface area contributed by atoms with Crippen molar-refractivity contribution in [3.05, 3.63) is 44.6 Å². The number of nitrogens with two attached hydrogens (primary N) is 1.